The number of hydrogen-bond acceptors (Lipinski definition) is 9. The number of likely N-dealkylation sites (tertiary alicyclic amines) is 1. The molecule has 2 unspecified atom stereocenters. The Kier molecular flexibility index (Phi) is 13.9. The molecular formula is C41H52N6O8. The summed E-state index contributed by atoms with van der Waals surface area (Å²) in [7, 11) is 0. The van der Waals surface area contributed by atoms with Crippen LogP contribution >= 0.6 is 0 Å². The van der Waals surface area contributed by atoms with E-state index >= 15 is 0 Å². The number of amides is 5. The Morgan fingerprint density at radius 3 is 2.36 bits per heavy atom. The van der Waals surface area contributed by atoms with Crippen molar-refractivity contribution >= 4 is 40.6 Å². The van der Waals surface area contributed by atoms with Crippen LogP contribution in [-0.4, -0.2) is 120 Å². The van der Waals surface area contributed by atoms with Crippen LogP contribution in [0, 0.1) is 0 Å². The van der Waals surface area contributed by atoms with E-state index in [2.05, 4.69) is 15.6 Å². The number of nitrogens with zero attached hydrogens (tertiary/aromatic N) is 4. The fraction of sp³-hybridized carbons (Fsp3) is 0.512. The maximum Gasteiger partial charge on any atom is 0.409 e. The molecule has 2 saturated heterocycles. The summed E-state index contributed by atoms with van der Waals surface area (Å²) in [6, 6.07) is 17.0. The molecule has 3 aliphatic rings. The third-order valence-corrected chi connectivity index (χ3v) is 10.4. The minimum Gasteiger partial charge on any atom is -0.483 e. The summed E-state index contributed by atoms with van der Waals surface area (Å²) >= 11 is 0. The van der Waals surface area contributed by atoms with Crippen LogP contribution in [0.25, 0.3) is 10.9 Å². The number of fused-ring (bicyclic) bond motifs is 1. The molecule has 5 amide bonds. The molecule has 3 aromatic rings. The second-order valence-electron chi connectivity index (χ2n) is 14.3. The monoisotopic (exact) mass is 756 g/mol. The predicted molar refractivity (Wildman–Crippen MR) is 204 cm³/mol. The largest absolute Gasteiger partial charge is 0.483 e. The van der Waals surface area contributed by atoms with Gasteiger partial charge in [0.15, 0.2) is 6.61 Å². The van der Waals surface area contributed by atoms with E-state index in [0.29, 0.717) is 63.3 Å². The van der Waals surface area contributed by atoms with Crippen LogP contribution in [0.15, 0.2) is 60.7 Å². The number of ether oxygens (including phenoxy) is 3. The van der Waals surface area contributed by atoms with Crippen LogP contribution in [0.1, 0.15) is 74.3 Å². The number of carbonyl (C=O) groups is 5. The number of benzene rings is 2. The van der Waals surface area contributed by atoms with Crippen molar-refractivity contribution < 1.29 is 38.2 Å². The average molecular weight is 757 g/mol. The zero-order chi connectivity index (χ0) is 38.6. The number of para-hydroxylation sites is 1. The van der Waals surface area contributed by atoms with E-state index in [1.807, 2.05) is 43.3 Å². The summed E-state index contributed by atoms with van der Waals surface area (Å²) in [6.45, 7) is 4.30. The van der Waals surface area contributed by atoms with Gasteiger partial charge in [0.2, 0.25) is 11.8 Å². The lowest BCUT2D eigenvalue weighted by atomic mass is 9.93. The standard InChI is InChI=1S/C41H52N6O8/c1-2-3-24-54-41(52)46-22-20-45(21-23-46)40(51)33(18-25-53-27-29-11-5-4-6-12-29)44-38(49)34-26-36(31-15-7-8-16-32(31)43-34)55-28-37(48)47-19-10-17-35(47)39(50)42-30-13-9-14-30/h4-8,11-12,15-16,26,30,33,35H,2-3,9-10,13-14,17-25,27-28H2,1H3,(H,42,50)(H,44,49). The van der Waals surface area contributed by atoms with Crippen molar-refractivity contribution in [2.75, 3.05) is 52.5 Å². The van der Waals surface area contributed by atoms with Crippen LogP contribution in [0.4, 0.5) is 4.79 Å². The van der Waals surface area contributed by atoms with E-state index in [0.717, 1.165) is 44.1 Å². The number of aromatic nitrogens is 1. The normalized spacial score (nSPS) is 17.7. The first kappa shape index (κ1) is 39.5. The molecule has 1 aromatic heterocycles. The summed E-state index contributed by atoms with van der Waals surface area (Å²) in [4.78, 5) is 76.1. The lowest BCUT2D eigenvalue weighted by Gasteiger charge is -2.36. The van der Waals surface area contributed by atoms with Gasteiger partial charge in [-0.15, -0.1) is 0 Å². The number of nitrogens with one attached hydrogen (secondary N) is 2. The van der Waals surface area contributed by atoms with Crippen molar-refractivity contribution in [1.29, 1.82) is 0 Å². The lowest BCUT2D eigenvalue weighted by Crippen LogP contribution is -2.56. The summed E-state index contributed by atoms with van der Waals surface area (Å²) < 4.78 is 17.3. The van der Waals surface area contributed by atoms with E-state index in [1.54, 1.807) is 32.9 Å². The zero-order valence-corrected chi connectivity index (χ0v) is 31.6. The highest BCUT2D eigenvalue weighted by molar-refractivity contribution is 5.99. The van der Waals surface area contributed by atoms with Gasteiger partial charge in [0.05, 0.1) is 18.7 Å². The number of hydrogen-bond donors (Lipinski definition) is 2. The van der Waals surface area contributed by atoms with Crippen LogP contribution in [-0.2, 0) is 30.5 Å². The predicted octanol–water partition coefficient (Wildman–Crippen LogP) is 4.06. The van der Waals surface area contributed by atoms with Gasteiger partial charge in [-0.1, -0.05) is 55.8 Å². The molecule has 0 radical (unpaired) electrons. The molecule has 2 atom stereocenters. The first-order chi connectivity index (χ1) is 26.8. The fourth-order valence-electron chi connectivity index (χ4n) is 6.97. The molecule has 2 aromatic carbocycles. The Bertz CT molecular complexity index is 1800. The van der Waals surface area contributed by atoms with Crippen LogP contribution in [0.3, 0.4) is 0 Å². The molecule has 1 saturated carbocycles. The van der Waals surface area contributed by atoms with Crippen molar-refractivity contribution in [3.8, 4) is 5.75 Å². The van der Waals surface area contributed by atoms with Crippen molar-refractivity contribution in [3.05, 3.63) is 71.9 Å². The fourth-order valence-corrected chi connectivity index (χ4v) is 6.97. The van der Waals surface area contributed by atoms with Gasteiger partial charge in [0.25, 0.3) is 11.8 Å². The number of carbonyl (C=O) groups excluding carboxylic acids is 5. The Labute approximate surface area is 321 Å². The second kappa shape index (κ2) is 19.4. The third kappa shape index (κ3) is 10.5. The van der Waals surface area contributed by atoms with Crippen LogP contribution in [0.2, 0.25) is 0 Å². The molecule has 3 heterocycles. The third-order valence-electron chi connectivity index (χ3n) is 10.4. The summed E-state index contributed by atoms with van der Waals surface area (Å²) in [5.74, 6) is -1.03. The highest BCUT2D eigenvalue weighted by atomic mass is 16.6. The summed E-state index contributed by atoms with van der Waals surface area (Å²) in [5, 5.41) is 6.56. The van der Waals surface area contributed by atoms with Gasteiger partial charge in [0.1, 0.15) is 23.5 Å². The Morgan fingerprint density at radius 2 is 1.62 bits per heavy atom. The zero-order valence-electron chi connectivity index (χ0n) is 31.6. The molecule has 294 valence electrons. The van der Waals surface area contributed by atoms with Crippen LogP contribution < -0.4 is 15.4 Å². The summed E-state index contributed by atoms with van der Waals surface area (Å²) in [6.07, 6.45) is 5.88. The smallest absolute Gasteiger partial charge is 0.409 e. The molecule has 2 aliphatic heterocycles. The van der Waals surface area contributed by atoms with E-state index in [4.69, 9.17) is 14.2 Å². The first-order valence-electron chi connectivity index (χ1n) is 19.6. The van der Waals surface area contributed by atoms with E-state index in [-0.39, 0.29) is 54.8 Å². The number of piperazine rings is 1. The van der Waals surface area contributed by atoms with Crippen molar-refractivity contribution in [2.45, 2.75) is 83.0 Å². The molecule has 3 fully saturated rings. The quantitative estimate of drug-likeness (QED) is 0.206. The molecule has 55 heavy (non-hydrogen) atoms. The minimum atomic E-state index is -0.941. The lowest BCUT2D eigenvalue weighted by molar-refractivity contribution is -0.140. The average Bonchev–Trinajstić information content (AvgIpc) is 3.70. The van der Waals surface area contributed by atoms with E-state index in [9.17, 15) is 24.0 Å². The van der Waals surface area contributed by atoms with Gasteiger partial charge in [0, 0.05) is 56.8 Å². The first-order valence-corrected chi connectivity index (χ1v) is 19.6. The van der Waals surface area contributed by atoms with Gasteiger partial charge >= 0.3 is 6.09 Å². The number of pyridine rings is 1. The van der Waals surface area contributed by atoms with Gasteiger partial charge in [-0.3, -0.25) is 19.2 Å². The Hall–Kier alpha value is -5.24. The maximum atomic E-state index is 14.0. The molecular weight excluding hydrogens is 704 g/mol. The van der Waals surface area contributed by atoms with Crippen molar-refractivity contribution in [2.24, 2.45) is 0 Å². The van der Waals surface area contributed by atoms with Gasteiger partial charge in [-0.2, -0.15) is 0 Å². The van der Waals surface area contributed by atoms with Crippen molar-refractivity contribution in [3.63, 3.8) is 0 Å². The van der Waals surface area contributed by atoms with Gasteiger partial charge in [-0.25, -0.2) is 9.78 Å². The Morgan fingerprint density at radius 1 is 0.873 bits per heavy atom. The molecule has 2 N–H and O–H groups in total. The maximum absolute atomic E-state index is 14.0. The molecule has 1 aliphatic carbocycles. The number of rotatable bonds is 16. The number of unbranched alkanes of at least 4 members (excludes halogenated alkanes) is 1. The summed E-state index contributed by atoms with van der Waals surface area (Å²) in [5.41, 5.74) is 1.48. The molecule has 14 heteroatoms. The highest BCUT2D eigenvalue weighted by Gasteiger charge is 2.36. The van der Waals surface area contributed by atoms with Gasteiger partial charge < -0.3 is 39.5 Å². The molecule has 6 rings (SSSR count). The molecule has 0 bridgehead atoms. The Balaban J connectivity index is 1.12. The molecule has 14 nitrogen and oxygen atoms in total. The topological polar surface area (TPSA) is 160 Å². The second-order valence-corrected chi connectivity index (χ2v) is 14.3. The van der Waals surface area contributed by atoms with E-state index in [1.165, 1.54) is 6.07 Å². The van der Waals surface area contributed by atoms with E-state index < -0.39 is 24.1 Å². The molecule has 0 spiro atoms. The van der Waals surface area contributed by atoms with Crippen molar-refractivity contribution in [1.82, 2.24) is 30.3 Å². The highest BCUT2D eigenvalue weighted by Crippen LogP contribution is 2.27. The SMILES string of the molecule is CCCCOC(=O)N1CCN(C(=O)C(CCOCc2ccccc2)NC(=O)c2cc(OCC(=O)N3CCCC3C(=O)NC3CCC3)c3ccccc3n2)CC1. The minimum absolute atomic E-state index is 0.0164. The van der Waals surface area contributed by atoms with Crippen LogP contribution in [0.5, 0.6) is 5.75 Å². The van der Waals surface area contributed by atoms with Gasteiger partial charge in [-0.05, 0) is 62.6 Å².